The minimum atomic E-state index is -0.850. The molecule has 0 saturated heterocycles. The van der Waals surface area contributed by atoms with Crippen LogP contribution in [0.1, 0.15) is 13.8 Å². The summed E-state index contributed by atoms with van der Waals surface area (Å²) in [4.78, 5) is 31.9. The van der Waals surface area contributed by atoms with Gasteiger partial charge in [0.15, 0.2) is 0 Å². The Balaban J connectivity index is 2.61. The van der Waals surface area contributed by atoms with Crippen molar-refractivity contribution in [1.29, 1.82) is 0 Å². The summed E-state index contributed by atoms with van der Waals surface area (Å²) in [5.74, 6) is -0.614. The van der Waals surface area contributed by atoms with Crippen molar-refractivity contribution in [2.24, 2.45) is 0 Å². The van der Waals surface area contributed by atoms with E-state index in [0.29, 0.717) is 5.69 Å². The van der Waals surface area contributed by atoms with Gasteiger partial charge in [-0.25, -0.2) is 9.78 Å². The van der Waals surface area contributed by atoms with E-state index in [1.807, 2.05) is 0 Å². The molecule has 126 valence electrons. The molecule has 9 heteroatoms. The van der Waals surface area contributed by atoms with Gasteiger partial charge in [-0.2, -0.15) is 4.98 Å². The van der Waals surface area contributed by atoms with Gasteiger partial charge in [-0.1, -0.05) is 18.2 Å². The van der Waals surface area contributed by atoms with Crippen LogP contribution in [0.5, 0.6) is 0 Å². The topological polar surface area (TPSA) is 98.5 Å². The van der Waals surface area contributed by atoms with Crippen molar-refractivity contribution in [1.82, 2.24) is 9.97 Å². The Morgan fingerprint density at radius 3 is 2.67 bits per heavy atom. The molecule has 0 aliphatic carbocycles. The number of aromatic nitrogens is 2. The van der Waals surface area contributed by atoms with Crippen LogP contribution in [0.4, 0.5) is 17.2 Å². The van der Waals surface area contributed by atoms with Crippen LogP contribution in [0, 0.1) is 10.1 Å². The van der Waals surface area contributed by atoms with Crippen molar-refractivity contribution >= 4 is 34.8 Å². The molecule has 0 radical (unpaired) electrons. The molecule has 8 nitrogen and oxygen atoms in total. The number of benzene rings is 1. The van der Waals surface area contributed by atoms with E-state index in [1.54, 1.807) is 44.2 Å². The maximum atomic E-state index is 12.2. The lowest BCUT2D eigenvalue weighted by Crippen LogP contribution is -2.37. The number of carbonyl (C=O) groups excluding carboxylic acids is 1. The van der Waals surface area contributed by atoms with Gasteiger partial charge in [0.05, 0.1) is 11.5 Å². The summed E-state index contributed by atoms with van der Waals surface area (Å²) in [6.07, 6.45) is 1.01. The molecule has 1 atom stereocenters. The smallest absolute Gasteiger partial charge is 0.330 e. The van der Waals surface area contributed by atoms with Crippen molar-refractivity contribution in [3.05, 3.63) is 51.9 Å². The Labute approximate surface area is 143 Å². The van der Waals surface area contributed by atoms with Crippen molar-refractivity contribution in [3.63, 3.8) is 0 Å². The Hall–Kier alpha value is -2.74. The first kappa shape index (κ1) is 17.6. The number of carbonyl (C=O) groups is 1. The van der Waals surface area contributed by atoms with Crippen LogP contribution in [0.3, 0.4) is 0 Å². The third kappa shape index (κ3) is 3.77. The van der Waals surface area contributed by atoms with Crippen LogP contribution in [-0.2, 0) is 9.53 Å². The zero-order valence-corrected chi connectivity index (χ0v) is 13.8. The van der Waals surface area contributed by atoms with Gasteiger partial charge in [-0.05, 0) is 37.6 Å². The maximum absolute atomic E-state index is 12.2. The second kappa shape index (κ2) is 7.69. The standard InChI is InChI=1S/C15H15ClN4O4/c1-3-24-14(21)10(2)19(11-7-5-4-6-8-11)13-12(20(22)23)9-17-15(16)18-13/h4-10H,3H2,1-2H3. The molecular weight excluding hydrogens is 336 g/mol. The lowest BCUT2D eigenvalue weighted by molar-refractivity contribution is -0.384. The number of hydrogen-bond acceptors (Lipinski definition) is 7. The number of nitro groups is 1. The fourth-order valence-corrected chi connectivity index (χ4v) is 2.27. The van der Waals surface area contributed by atoms with E-state index >= 15 is 0 Å². The van der Waals surface area contributed by atoms with Crippen LogP contribution in [0.25, 0.3) is 0 Å². The molecule has 24 heavy (non-hydrogen) atoms. The van der Waals surface area contributed by atoms with Crippen LogP contribution in [0.2, 0.25) is 5.28 Å². The number of esters is 1. The van der Waals surface area contributed by atoms with E-state index in [1.165, 1.54) is 4.90 Å². The molecule has 2 rings (SSSR count). The van der Waals surface area contributed by atoms with Gasteiger partial charge < -0.3 is 9.64 Å². The fourth-order valence-electron chi connectivity index (χ4n) is 2.14. The third-order valence-corrected chi connectivity index (χ3v) is 3.38. The third-order valence-electron chi connectivity index (χ3n) is 3.19. The SMILES string of the molecule is CCOC(=O)C(C)N(c1ccccc1)c1nc(Cl)ncc1[N+](=O)[O-]. The Morgan fingerprint density at radius 1 is 1.42 bits per heavy atom. The van der Waals surface area contributed by atoms with Gasteiger partial charge in [0.1, 0.15) is 12.2 Å². The van der Waals surface area contributed by atoms with Crippen LogP contribution >= 0.6 is 11.6 Å². The van der Waals surface area contributed by atoms with E-state index < -0.39 is 16.9 Å². The molecule has 1 aromatic carbocycles. The monoisotopic (exact) mass is 350 g/mol. The van der Waals surface area contributed by atoms with Gasteiger partial charge in [0, 0.05) is 5.69 Å². The largest absolute Gasteiger partial charge is 0.464 e. The molecular formula is C15H15ClN4O4. The van der Waals surface area contributed by atoms with Gasteiger partial charge in [0.25, 0.3) is 0 Å². The fraction of sp³-hybridized carbons (Fsp3) is 0.267. The molecule has 0 N–H and O–H groups in total. The molecule has 0 spiro atoms. The normalized spacial score (nSPS) is 11.6. The zero-order chi connectivity index (χ0) is 17.7. The van der Waals surface area contributed by atoms with Crippen LogP contribution in [0.15, 0.2) is 36.5 Å². The molecule has 1 aromatic heterocycles. The predicted octanol–water partition coefficient (Wildman–Crippen LogP) is 3.13. The minimum absolute atomic E-state index is 0.0771. The number of hydrogen-bond donors (Lipinski definition) is 0. The van der Waals surface area contributed by atoms with Crippen molar-refractivity contribution in [2.75, 3.05) is 11.5 Å². The molecule has 2 aromatic rings. The number of para-hydroxylation sites is 1. The average molecular weight is 351 g/mol. The van der Waals surface area contributed by atoms with E-state index in [-0.39, 0.29) is 23.4 Å². The number of ether oxygens (including phenoxy) is 1. The minimum Gasteiger partial charge on any atom is -0.464 e. The summed E-state index contributed by atoms with van der Waals surface area (Å²) in [6, 6.07) is 7.84. The maximum Gasteiger partial charge on any atom is 0.330 e. The molecule has 0 saturated carbocycles. The van der Waals surface area contributed by atoms with Crippen molar-refractivity contribution < 1.29 is 14.5 Å². The van der Waals surface area contributed by atoms with Gasteiger partial charge in [0.2, 0.25) is 11.1 Å². The average Bonchev–Trinajstić information content (AvgIpc) is 2.56. The summed E-state index contributed by atoms with van der Waals surface area (Å²) < 4.78 is 5.03. The summed E-state index contributed by atoms with van der Waals surface area (Å²) in [7, 11) is 0. The molecule has 0 amide bonds. The second-order valence-electron chi connectivity index (χ2n) is 4.74. The molecule has 0 fully saturated rings. The Morgan fingerprint density at radius 2 is 2.08 bits per heavy atom. The van der Waals surface area contributed by atoms with E-state index in [2.05, 4.69) is 9.97 Å². The quantitative estimate of drug-likeness (QED) is 0.341. The van der Waals surface area contributed by atoms with E-state index in [4.69, 9.17) is 16.3 Å². The second-order valence-corrected chi connectivity index (χ2v) is 5.08. The number of anilines is 2. The summed E-state index contributed by atoms with van der Waals surface area (Å²) in [6.45, 7) is 3.45. The van der Waals surface area contributed by atoms with E-state index in [0.717, 1.165) is 6.20 Å². The Bertz CT molecular complexity index is 742. The van der Waals surface area contributed by atoms with Crippen molar-refractivity contribution in [2.45, 2.75) is 19.9 Å². The molecule has 1 unspecified atom stereocenters. The predicted molar refractivity (Wildman–Crippen MR) is 88.4 cm³/mol. The molecule has 0 bridgehead atoms. The number of rotatable bonds is 6. The lowest BCUT2D eigenvalue weighted by Gasteiger charge is -2.28. The summed E-state index contributed by atoms with van der Waals surface area (Å²) in [5, 5.41) is 11.2. The lowest BCUT2D eigenvalue weighted by atomic mass is 10.2. The molecule has 0 aliphatic heterocycles. The Kier molecular flexibility index (Phi) is 5.64. The van der Waals surface area contributed by atoms with E-state index in [9.17, 15) is 14.9 Å². The van der Waals surface area contributed by atoms with Crippen LogP contribution < -0.4 is 4.90 Å². The highest BCUT2D eigenvalue weighted by Crippen LogP contribution is 2.34. The first-order valence-corrected chi connectivity index (χ1v) is 7.51. The highest BCUT2D eigenvalue weighted by atomic mass is 35.5. The van der Waals surface area contributed by atoms with Gasteiger partial charge in [-0.3, -0.25) is 10.1 Å². The molecule has 1 heterocycles. The highest BCUT2D eigenvalue weighted by Gasteiger charge is 2.31. The zero-order valence-electron chi connectivity index (χ0n) is 13.0. The van der Waals surface area contributed by atoms with Gasteiger partial charge >= 0.3 is 11.7 Å². The number of nitrogens with zero attached hydrogens (tertiary/aromatic N) is 4. The van der Waals surface area contributed by atoms with Crippen LogP contribution in [-0.4, -0.2) is 33.5 Å². The first-order valence-electron chi connectivity index (χ1n) is 7.13. The van der Waals surface area contributed by atoms with Crippen molar-refractivity contribution in [3.8, 4) is 0 Å². The number of halogens is 1. The van der Waals surface area contributed by atoms with Gasteiger partial charge in [-0.15, -0.1) is 0 Å². The molecule has 0 aliphatic rings. The highest BCUT2D eigenvalue weighted by molar-refractivity contribution is 6.28. The first-order chi connectivity index (χ1) is 11.5. The summed E-state index contributed by atoms with van der Waals surface area (Å²) in [5.41, 5.74) is 0.176. The summed E-state index contributed by atoms with van der Waals surface area (Å²) >= 11 is 5.81.